The summed E-state index contributed by atoms with van der Waals surface area (Å²) in [5.41, 5.74) is 3.32. The first kappa shape index (κ1) is 14.4. The van der Waals surface area contributed by atoms with Crippen LogP contribution in [0.3, 0.4) is 0 Å². The lowest BCUT2D eigenvalue weighted by atomic mass is 10.1. The standard InChI is InChI=1S/C18H20FN3O/c19-14-9-7-12(8-10-14)16-17(15(21-22-16)11-5-6-11)20-18(23)13-3-1-2-4-13/h7-11,13H,1-6H2,(H,20,23)(H,21,22). The molecule has 2 fully saturated rings. The molecule has 0 radical (unpaired) electrons. The van der Waals surface area contributed by atoms with E-state index in [9.17, 15) is 9.18 Å². The number of nitrogens with zero attached hydrogens (tertiary/aromatic N) is 1. The van der Waals surface area contributed by atoms with Gasteiger partial charge in [0, 0.05) is 17.4 Å². The zero-order valence-electron chi connectivity index (χ0n) is 12.9. The molecule has 5 heteroatoms. The number of anilines is 1. The van der Waals surface area contributed by atoms with Crippen molar-refractivity contribution in [3.8, 4) is 11.3 Å². The SMILES string of the molecule is O=C(Nc1c(-c2ccc(F)cc2)n[nH]c1C1CC1)C1CCCC1. The molecule has 2 aliphatic rings. The zero-order valence-corrected chi connectivity index (χ0v) is 12.9. The molecule has 120 valence electrons. The molecule has 1 amide bonds. The second-order valence-electron chi connectivity index (χ2n) is 6.61. The molecular formula is C18H20FN3O. The number of halogens is 1. The fraction of sp³-hybridized carbons (Fsp3) is 0.444. The Labute approximate surface area is 134 Å². The van der Waals surface area contributed by atoms with Crippen LogP contribution in [0.5, 0.6) is 0 Å². The van der Waals surface area contributed by atoms with Gasteiger partial charge < -0.3 is 5.32 Å². The van der Waals surface area contributed by atoms with Crippen molar-refractivity contribution >= 4 is 11.6 Å². The van der Waals surface area contributed by atoms with Crippen molar-refractivity contribution < 1.29 is 9.18 Å². The number of rotatable bonds is 4. The predicted octanol–water partition coefficient (Wildman–Crippen LogP) is 4.22. The first-order chi connectivity index (χ1) is 11.2. The Kier molecular flexibility index (Phi) is 3.63. The number of carbonyl (C=O) groups excluding carboxylic acids is 1. The van der Waals surface area contributed by atoms with Gasteiger partial charge in [0.15, 0.2) is 0 Å². The maximum Gasteiger partial charge on any atom is 0.227 e. The van der Waals surface area contributed by atoms with E-state index in [1.165, 1.54) is 12.1 Å². The van der Waals surface area contributed by atoms with Crippen LogP contribution in [-0.2, 0) is 4.79 Å². The molecule has 2 N–H and O–H groups in total. The van der Waals surface area contributed by atoms with E-state index in [0.29, 0.717) is 11.6 Å². The third kappa shape index (κ3) is 2.87. The lowest BCUT2D eigenvalue weighted by molar-refractivity contribution is -0.119. The summed E-state index contributed by atoms with van der Waals surface area (Å²) in [6.07, 6.45) is 6.44. The van der Waals surface area contributed by atoms with Crippen LogP contribution in [0, 0.1) is 11.7 Å². The molecule has 1 heterocycles. The van der Waals surface area contributed by atoms with E-state index in [1.807, 2.05) is 0 Å². The number of amides is 1. The second kappa shape index (κ2) is 5.80. The molecule has 2 aromatic rings. The Morgan fingerprint density at radius 3 is 2.48 bits per heavy atom. The van der Waals surface area contributed by atoms with Crippen LogP contribution in [-0.4, -0.2) is 16.1 Å². The molecule has 23 heavy (non-hydrogen) atoms. The maximum atomic E-state index is 13.2. The van der Waals surface area contributed by atoms with Gasteiger partial charge in [-0.3, -0.25) is 9.89 Å². The molecular weight excluding hydrogens is 293 g/mol. The highest BCUT2D eigenvalue weighted by atomic mass is 19.1. The van der Waals surface area contributed by atoms with Gasteiger partial charge >= 0.3 is 0 Å². The van der Waals surface area contributed by atoms with E-state index in [4.69, 9.17) is 0 Å². The number of aromatic amines is 1. The number of hydrogen-bond acceptors (Lipinski definition) is 2. The molecule has 0 atom stereocenters. The second-order valence-corrected chi connectivity index (χ2v) is 6.61. The monoisotopic (exact) mass is 313 g/mol. The summed E-state index contributed by atoms with van der Waals surface area (Å²) in [7, 11) is 0. The summed E-state index contributed by atoms with van der Waals surface area (Å²) in [5, 5.41) is 10.6. The molecule has 0 spiro atoms. The quantitative estimate of drug-likeness (QED) is 0.888. The topological polar surface area (TPSA) is 57.8 Å². The largest absolute Gasteiger partial charge is 0.322 e. The van der Waals surface area contributed by atoms with Crippen molar-refractivity contribution in [2.24, 2.45) is 5.92 Å². The van der Waals surface area contributed by atoms with E-state index < -0.39 is 0 Å². The molecule has 1 aromatic heterocycles. The Hall–Kier alpha value is -2.17. The van der Waals surface area contributed by atoms with Gasteiger partial charge in [-0.15, -0.1) is 0 Å². The van der Waals surface area contributed by atoms with Crippen molar-refractivity contribution in [2.75, 3.05) is 5.32 Å². The van der Waals surface area contributed by atoms with Gasteiger partial charge in [-0.25, -0.2) is 4.39 Å². The maximum absolute atomic E-state index is 13.2. The first-order valence-corrected chi connectivity index (χ1v) is 8.37. The molecule has 0 unspecified atom stereocenters. The summed E-state index contributed by atoms with van der Waals surface area (Å²) < 4.78 is 13.2. The van der Waals surface area contributed by atoms with Crippen LogP contribution in [0.4, 0.5) is 10.1 Å². The molecule has 1 aromatic carbocycles. The molecule has 0 bridgehead atoms. The summed E-state index contributed by atoms with van der Waals surface area (Å²) in [5.74, 6) is 0.381. The Balaban J connectivity index is 1.66. The van der Waals surface area contributed by atoms with Gasteiger partial charge in [-0.05, 0) is 49.9 Å². The van der Waals surface area contributed by atoms with Gasteiger partial charge in [-0.2, -0.15) is 5.10 Å². The number of H-pyrrole nitrogens is 1. The average molecular weight is 313 g/mol. The van der Waals surface area contributed by atoms with E-state index >= 15 is 0 Å². The van der Waals surface area contributed by atoms with Gasteiger partial charge in [0.05, 0.1) is 11.4 Å². The Bertz CT molecular complexity index is 712. The number of hydrogen-bond donors (Lipinski definition) is 2. The van der Waals surface area contributed by atoms with Gasteiger partial charge in [0.2, 0.25) is 5.91 Å². The highest BCUT2D eigenvalue weighted by molar-refractivity contribution is 5.97. The van der Waals surface area contributed by atoms with Gasteiger partial charge in [0.1, 0.15) is 11.5 Å². The van der Waals surface area contributed by atoms with Crippen LogP contribution in [0.25, 0.3) is 11.3 Å². The molecule has 2 saturated carbocycles. The van der Waals surface area contributed by atoms with Crippen molar-refractivity contribution in [1.82, 2.24) is 10.2 Å². The molecule has 0 saturated heterocycles. The first-order valence-electron chi connectivity index (χ1n) is 8.37. The van der Waals surface area contributed by atoms with E-state index in [2.05, 4.69) is 15.5 Å². The molecule has 0 aliphatic heterocycles. The summed E-state index contributed by atoms with van der Waals surface area (Å²) >= 11 is 0. The zero-order chi connectivity index (χ0) is 15.8. The third-order valence-electron chi connectivity index (χ3n) is 4.87. The van der Waals surface area contributed by atoms with E-state index in [0.717, 1.165) is 55.5 Å². The number of aromatic nitrogens is 2. The smallest absolute Gasteiger partial charge is 0.227 e. The summed E-state index contributed by atoms with van der Waals surface area (Å²) in [4.78, 5) is 12.5. The third-order valence-corrected chi connectivity index (χ3v) is 4.87. The fourth-order valence-corrected chi connectivity index (χ4v) is 3.38. The lowest BCUT2D eigenvalue weighted by Crippen LogP contribution is -2.21. The van der Waals surface area contributed by atoms with Gasteiger partial charge in [0.25, 0.3) is 0 Å². The minimum atomic E-state index is -0.275. The van der Waals surface area contributed by atoms with E-state index in [-0.39, 0.29) is 17.6 Å². The Morgan fingerprint density at radius 1 is 1.13 bits per heavy atom. The minimum Gasteiger partial charge on any atom is -0.322 e. The van der Waals surface area contributed by atoms with Crippen LogP contribution in [0.1, 0.15) is 50.1 Å². The van der Waals surface area contributed by atoms with Gasteiger partial charge in [-0.1, -0.05) is 12.8 Å². The van der Waals surface area contributed by atoms with Crippen LogP contribution in [0.2, 0.25) is 0 Å². The number of carbonyl (C=O) groups is 1. The van der Waals surface area contributed by atoms with Crippen molar-refractivity contribution in [3.63, 3.8) is 0 Å². The minimum absolute atomic E-state index is 0.0918. The highest BCUT2D eigenvalue weighted by Gasteiger charge is 2.32. The number of benzene rings is 1. The average Bonchev–Trinajstić information content (AvgIpc) is 3.09. The lowest BCUT2D eigenvalue weighted by Gasteiger charge is -2.12. The normalized spacial score (nSPS) is 18.3. The van der Waals surface area contributed by atoms with Crippen LogP contribution >= 0.6 is 0 Å². The highest BCUT2D eigenvalue weighted by Crippen LogP contribution is 2.45. The molecule has 4 nitrogen and oxygen atoms in total. The molecule has 4 rings (SSSR count). The van der Waals surface area contributed by atoms with Crippen LogP contribution in [0.15, 0.2) is 24.3 Å². The predicted molar refractivity (Wildman–Crippen MR) is 86.5 cm³/mol. The van der Waals surface area contributed by atoms with Crippen molar-refractivity contribution in [3.05, 3.63) is 35.8 Å². The Morgan fingerprint density at radius 2 is 1.83 bits per heavy atom. The summed E-state index contributed by atoms with van der Waals surface area (Å²) in [6, 6.07) is 6.24. The van der Waals surface area contributed by atoms with Crippen molar-refractivity contribution in [1.29, 1.82) is 0 Å². The fourth-order valence-electron chi connectivity index (χ4n) is 3.38. The number of nitrogens with one attached hydrogen (secondary N) is 2. The van der Waals surface area contributed by atoms with Crippen molar-refractivity contribution in [2.45, 2.75) is 44.4 Å². The van der Waals surface area contributed by atoms with E-state index in [1.54, 1.807) is 12.1 Å². The van der Waals surface area contributed by atoms with Crippen LogP contribution < -0.4 is 5.32 Å². The summed E-state index contributed by atoms with van der Waals surface area (Å²) in [6.45, 7) is 0. The molecule has 2 aliphatic carbocycles.